The van der Waals surface area contributed by atoms with Crippen molar-refractivity contribution in [3.05, 3.63) is 0 Å². The van der Waals surface area contributed by atoms with Crippen LogP contribution in [0.15, 0.2) is 0 Å². The van der Waals surface area contributed by atoms with Crippen LogP contribution < -0.4 is 10.6 Å². The van der Waals surface area contributed by atoms with Gasteiger partial charge in [-0.05, 0) is 76.0 Å². The molecule has 4 heteroatoms. The van der Waals surface area contributed by atoms with Gasteiger partial charge in [0.2, 0.25) is 0 Å². The Labute approximate surface area is 147 Å². The molecule has 3 rings (SSSR count). The lowest BCUT2D eigenvalue weighted by molar-refractivity contribution is 0.0516. The first-order chi connectivity index (χ1) is 11.2. The molecule has 138 valence electrons. The van der Waals surface area contributed by atoms with E-state index in [1.54, 1.807) is 0 Å². The van der Waals surface area contributed by atoms with Gasteiger partial charge < -0.3 is 15.4 Å². The molecule has 6 atom stereocenters. The summed E-state index contributed by atoms with van der Waals surface area (Å²) in [5, 5.41) is 6.87. The molecule has 6 unspecified atom stereocenters. The zero-order valence-electron chi connectivity index (χ0n) is 16.1. The summed E-state index contributed by atoms with van der Waals surface area (Å²) in [6.45, 7) is 10.8. The van der Waals surface area contributed by atoms with Crippen molar-refractivity contribution in [1.82, 2.24) is 10.6 Å². The quantitative estimate of drug-likeness (QED) is 0.799. The predicted octanol–water partition coefficient (Wildman–Crippen LogP) is 3.95. The Bertz CT molecular complexity index is 457. The summed E-state index contributed by atoms with van der Waals surface area (Å²) in [5.74, 6) is 4.36. The summed E-state index contributed by atoms with van der Waals surface area (Å²) in [5.41, 5.74) is -0.438. The number of carbonyl (C=O) groups excluding carboxylic acids is 1. The maximum Gasteiger partial charge on any atom is 0.407 e. The Morgan fingerprint density at radius 2 is 1.83 bits per heavy atom. The molecule has 0 aromatic rings. The minimum Gasteiger partial charge on any atom is -0.444 e. The Morgan fingerprint density at radius 3 is 2.50 bits per heavy atom. The average Bonchev–Trinajstić information content (AvgIpc) is 3.13. The Kier molecular flexibility index (Phi) is 5.15. The third-order valence-electron chi connectivity index (χ3n) is 6.53. The van der Waals surface area contributed by atoms with E-state index < -0.39 is 5.60 Å². The highest BCUT2D eigenvalue weighted by atomic mass is 16.6. The smallest absolute Gasteiger partial charge is 0.407 e. The van der Waals surface area contributed by atoms with Crippen LogP contribution in [0.4, 0.5) is 4.79 Å². The molecule has 0 aliphatic heterocycles. The van der Waals surface area contributed by atoms with Gasteiger partial charge in [0.1, 0.15) is 5.60 Å². The van der Waals surface area contributed by atoms with E-state index in [0.717, 1.165) is 23.7 Å². The molecular formula is C20H36N2O2. The summed E-state index contributed by atoms with van der Waals surface area (Å²) in [7, 11) is 0. The van der Waals surface area contributed by atoms with Crippen LogP contribution in [0.1, 0.15) is 66.7 Å². The average molecular weight is 337 g/mol. The van der Waals surface area contributed by atoms with Gasteiger partial charge in [0.15, 0.2) is 0 Å². The monoisotopic (exact) mass is 336 g/mol. The van der Waals surface area contributed by atoms with Crippen molar-refractivity contribution in [3.8, 4) is 0 Å². The molecule has 4 nitrogen and oxygen atoms in total. The number of ether oxygens (including phenoxy) is 1. The Morgan fingerprint density at radius 1 is 1.12 bits per heavy atom. The van der Waals surface area contributed by atoms with Crippen LogP contribution in [-0.2, 0) is 4.74 Å². The Balaban J connectivity index is 1.51. The van der Waals surface area contributed by atoms with E-state index in [2.05, 4.69) is 24.5 Å². The maximum absolute atomic E-state index is 11.9. The lowest BCUT2D eigenvalue weighted by Crippen LogP contribution is -2.51. The fraction of sp³-hybridized carbons (Fsp3) is 0.950. The fourth-order valence-corrected chi connectivity index (χ4v) is 5.53. The summed E-state index contributed by atoms with van der Waals surface area (Å²) in [6.07, 6.45) is 6.86. The van der Waals surface area contributed by atoms with Crippen molar-refractivity contribution in [2.45, 2.75) is 84.4 Å². The van der Waals surface area contributed by atoms with Gasteiger partial charge in [-0.15, -0.1) is 0 Å². The van der Waals surface area contributed by atoms with Gasteiger partial charge >= 0.3 is 6.09 Å². The number of hydrogen-bond acceptors (Lipinski definition) is 3. The summed E-state index contributed by atoms with van der Waals surface area (Å²) >= 11 is 0. The second-order valence-corrected chi connectivity index (χ2v) is 9.66. The molecule has 3 aliphatic carbocycles. The molecule has 2 bridgehead atoms. The topological polar surface area (TPSA) is 50.4 Å². The Hall–Kier alpha value is -0.770. The summed E-state index contributed by atoms with van der Waals surface area (Å²) < 4.78 is 5.37. The van der Waals surface area contributed by atoms with Crippen molar-refractivity contribution in [1.29, 1.82) is 0 Å². The van der Waals surface area contributed by atoms with Crippen LogP contribution in [0.5, 0.6) is 0 Å². The largest absolute Gasteiger partial charge is 0.444 e. The van der Waals surface area contributed by atoms with Gasteiger partial charge in [0.05, 0.1) is 0 Å². The number of amides is 1. The van der Waals surface area contributed by atoms with E-state index in [-0.39, 0.29) is 6.09 Å². The molecule has 0 aromatic heterocycles. The first-order valence-electron chi connectivity index (χ1n) is 9.97. The fourth-order valence-electron chi connectivity index (χ4n) is 5.53. The third-order valence-corrected chi connectivity index (χ3v) is 6.53. The lowest BCUT2D eigenvalue weighted by atomic mass is 9.78. The first kappa shape index (κ1) is 18.0. The number of alkyl carbamates (subject to hydrolysis) is 1. The van der Waals surface area contributed by atoms with Crippen molar-refractivity contribution >= 4 is 6.09 Å². The number of rotatable bonds is 5. The molecule has 1 amide bonds. The first-order valence-corrected chi connectivity index (χ1v) is 9.97. The zero-order chi connectivity index (χ0) is 17.5. The highest BCUT2D eigenvalue weighted by molar-refractivity contribution is 5.67. The summed E-state index contributed by atoms with van der Waals surface area (Å²) in [4.78, 5) is 11.9. The second-order valence-electron chi connectivity index (χ2n) is 9.66. The SMILES string of the molecule is CC(C)C(CNC(=O)OC(C)(C)C)NC1CC2CC1C1CCCC21. The standard InChI is InChI=1S/C20H36N2O2/c1-12(2)18(11-21-19(23)24-20(3,4)5)22-17-10-13-9-16(17)15-8-6-7-14(13)15/h12-18,22H,6-11H2,1-5H3,(H,21,23). The van der Waals surface area contributed by atoms with Gasteiger partial charge in [-0.2, -0.15) is 0 Å². The van der Waals surface area contributed by atoms with Crippen LogP contribution in [0.25, 0.3) is 0 Å². The molecule has 0 radical (unpaired) electrons. The van der Waals surface area contributed by atoms with Gasteiger partial charge in [0, 0.05) is 18.6 Å². The van der Waals surface area contributed by atoms with E-state index in [1.165, 1.54) is 32.1 Å². The van der Waals surface area contributed by atoms with Gasteiger partial charge in [-0.3, -0.25) is 0 Å². The van der Waals surface area contributed by atoms with Crippen LogP contribution in [-0.4, -0.2) is 30.3 Å². The molecule has 3 fully saturated rings. The molecule has 0 heterocycles. The molecule has 0 saturated heterocycles. The molecule has 3 saturated carbocycles. The van der Waals surface area contributed by atoms with Crippen LogP contribution >= 0.6 is 0 Å². The normalized spacial score (nSPS) is 36.0. The van der Waals surface area contributed by atoms with Gasteiger partial charge in [0.25, 0.3) is 0 Å². The highest BCUT2D eigenvalue weighted by Crippen LogP contribution is 2.58. The minimum atomic E-state index is -0.438. The zero-order valence-corrected chi connectivity index (χ0v) is 16.1. The molecule has 3 aliphatic rings. The van der Waals surface area contributed by atoms with Crippen LogP contribution in [0.2, 0.25) is 0 Å². The lowest BCUT2D eigenvalue weighted by Gasteiger charge is -2.36. The molecular weight excluding hydrogens is 300 g/mol. The number of nitrogens with one attached hydrogen (secondary N) is 2. The van der Waals surface area contributed by atoms with Crippen molar-refractivity contribution < 1.29 is 9.53 Å². The molecule has 0 spiro atoms. The number of fused-ring (bicyclic) bond motifs is 5. The van der Waals surface area contributed by atoms with Gasteiger partial charge in [-0.25, -0.2) is 4.79 Å². The molecule has 0 aromatic carbocycles. The maximum atomic E-state index is 11.9. The molecule has 2 N–H and O–H groups in total. The van der Waals surface area contributed by atoms with E-state index in [9.17, 15) is 4.79 Å². The minimum absolute atomic E-state index is 0.307. The van der Waals surface area contributed by atoms with Crippen LogP contribution in [0.3, 0.4) is 0 Å². The van der Waals surface area contributed by atoms with Crippen molar-refractivity contribution in [3.63, 3.8) is 0 Å². The predicted molar refractivity (Wildman–Crippen MR) is 96.8 cm³/mol. The van der Waals surface area contributed by atoms with Crippen molar-refractivity contribution in [2.24, 2.45) is 29.6 Å². The van der Waals surface area contributed by atoms with E-state index >= 15 is 0 Å². The second kappa shape index (κ2) is 6.86. The van der Waals surface area contributed by atoms with E-state index in [0.29, 0.717) is 24.5 Å². The molecule has 24 heavy (non-hydrogen) atoms. The number of carbonyl (C=O) groups is 1. The summed E-state index contributed by atoms with van der Waals surface area (Å²) in [6, 6.07) is 0.976. The van der Waals surface area contributed by atoms with Crippen LogP contribution in [0, 0.1) is 29.6 Å². The third kappa shape index (κ3) is 3.89. The van der Waals surface area contributed by atoms with Gasteiger partial charge in [-0.1, -0.05) is 20.3 Å². The number of hydrogen-bond donors (Lipinski definition) is 2. The van der Waals surface area contributed by atoms with Crippen molar-refractivity contribution in [2.75, 3.05) is 6.54 Å². The van der Waals surface area contributed by atoms with E-state index in [4.69, 9.17) is 4.74 Å². The highest BCUT2D eigenvalue weighted by Gasteiger charge is 2.53. The van der Waals surface area contributed by atoms with E-state index in [1.807, 2.05) is 20.8 Å².